The zero-order valence-electron chi connectivity index (χ0n) is 12.7. The molecule has 1 heterocycles. The molecule has 3 rings (SSSR count). The van der Waals surface area contributed by atoms with Crippen LogP contribution in [0.2, 0.25) is 0 Å². The number of anilines is 1. The Morgan fingerprint density at radius 2 is 2.14 bits per heavy atom. The van der Waals surface area contributed by atoms with Crippen LogP contribution in [0.1, 0.15) is 49.9 Å². The molecule has 112 valence electrons. The number of aryl methyl sites for hydroxylation is 1. The molecule has 1 aliphatic rings. The molecule has 1 fully saturated rings. The second-order valence-electron chi connectivity index (χ2n) is 5.95. The van der Waals surface area contributed by atoms with E-state index in [-0.39, 0.29) is 0 Å². The zero-order chi connectivity index (χ0) is 15.0. The summed E-state index contributed by atoms with van der Waals surface area (Å²) in [5, 5.41) is 0. The molecule has 1 aliphatic carbocycles. The van der Waals surface area contributed by atoms with Crippen LogP contribution in [0, 0.1) is 6.92 Å². The summed E-state index contributed by atoms with van der Waals surface area (Å²) in [5.41, 5.74) is 9.68. The average molecular weight is 348 g/mol. The van der Waals surface area contributed by atoms with Crippen LogP contribution in [0.4, 0.5) is 5.82 Å². The number of rotatable bonds is 5. The van der Waals surface area contributed by atoms with Crippen LogP contribution in [0.25, 0.3) is 11.3 Å². The molecular formula is C17H22BrN3. The van der Waals surface area contributed by atoms with Gasteiger partial charge in [0.25, 0.3) is 0 Å². The lowest BCUT2D eigenvalue weighted by Crippen LogP contribution is -2.06. The van der Waals surface area contributed by atoms with Crippen molar-refractivity contribution in [3.63, 3.8) is 0 Å². The van der Waals surface area contributed by atoms with Crippen LogP contribution in [-0.2, 0) is 6.54 Å². The molecule has 0 atom stereocenters. The zero-order valence-corrected chi connectivity index (χ0v) is 14.3. The van der Waals surface area contributed by atoms with Gasteiger partial charge < -0.3 is 10.3 Å². The molecule has 2 aromatic rings. The van der Waals surface area contributed by atoms with Crippen LogP contribution in [0.3, 0.4) is 0 Å². The second kappa shape index (κ2) is 5.84. The second-order valence-corrected chi connectivity index (χ2v) is 6.80. The van der Waals surface area contributed by atoms with E-state index in [0.29, 0.717) is 5.92 Å². The molecule has 0 bridgehead atoms. The summed E-state index contributed by atoms with van der Waals surface area (Å²) in [6, 6.07) is 6.34. The first-order valence-electron chi connectivity index (χ1n) is 7.74. The fourth-order valence-corrected chi connectivity index (χ4v) is 3.02. The number of halogens is 1. The molecule has 0 aliphatic heterocycles. The molecule has 1 aromatic heterocycles. The highest BCUT2D eigenvalue weighted by atomic mass is 79.9. The van der Waals surface area contributed by atoms with Gasteiger partial charge in [0.2, 0.25) is 0 Å². The third kappa shape index (κ3) is 2.86. The Labute approximate surface area is 134 Å². The fraction of sp³-hybridized carbons (Fsp3) is 0.471. The van der Waals surface area contributed by atoms with Crippen molar-refractivity contribution in [1.82, 2.24) is 9.55 Å². The van der Waals surface area contributed by atoms with Crippen LogP contribution in [0.15, 0.2) is 22.7 Å². The number of unbranched alkanes of at least 4 members (excludes halogenated alkanes) is 1. The van der Waals surface area contributed by atoms with Crippen molar-refractivity contribution in [3.05, 3.63) is 34.1 Å². The Morgan fingerprint density at radius 3 is 2.76 bits per heavy atom. The minimum Gasteiger partial charge on any atom is -0.383 e. The Morgan fingerprint density at radius 1 is 1.38 bits per heavy atom. The van der Waals surface area contributed by atoms with Gasteiger partial charge in [-0.2, -0.15) is 0 Å². The van der Waals surface area contributed by atoms with Crippen LogP contribution in [0.5, 0.6) is 0 Å². The molecule has 2 N–H and O–H groups in total. The molecule has 1 aromatic carbocycles. The van der Waals surface area contributed by atoms with Gasteiger partial charge in [0.1, 0.15) is 17.3 Å². The number of imidazole rings is 1. The van der Waals surface area contributed by atoms with Crippen molar-refractivity contribution in [2.75, 3.05) is 5.73 Å². The molecular weight excluding hydrogens is 326 g/mol. The average Bonchev–Trinajstić information content (AvgIpc) is 3.25. The minimum atomic E-state index is 0.617. The van der Waals surface area contributed by atoms with E-state index in [1.165, 1.54) is 30.7 Å². The molecule has 0 unspecified atom stereocenters. The van der Waals surface area contributed by atoms with E-state index in [9.17, 15) is 0 Å². The maximum Gasteiger partial charge on any atom is 0.131 e. The first-order chi connectivity index (χ1) is 10.1. The maximum atomic E-state index is 6.42. The van der Waals surface area contributed by atoms with Crippen molar-refractivity contribution < 1.29 is 0 Å². The molecule has 0 spiro atoms. The third-order valence-electron chi connectivity index (χ3n) is 4.16. The van der Waals surface area contributed by atoms with Gasteiger partial charge in [0.15, 0.2) is 0 Å². The van der Waals surface area contributed by atoms with E-state index in [1.54, 1.807) is 0 Å². The Bertz CT molecular complexity index is 656. The standard InChI is InChI=1S/C17H22BrN3/c1-3-4-9-21-16(19)15(20-17(21)12-7-8-12)13-6-5-11(2)14(18)10-13/h5-6,10,12H,3-4,7-9,19H2,1-2H3. The summed E-state index contributed by atoms with van der Waals surface area (Å²) in [7, 11) is 0. The number of benzene rings is 1. The van der Waals surface area contributed by atoms with Gasteiger partial charge >= 0.3 is 0 Å². The highest BCUT2D eigenvalue weighted by Gasteiger charge is 2.30. The number of aromatic nitrogens is 2. The molecule has 21 heavy (non-hydrogen) atoms. The predicted octanol–water partition coefficient (Wildman–Crippen LogP) is 4.88. The lowest BCUT2D eigenvalue weighted by Gasteiger charge is -2.08. The van der Waals surface area contributed by atoms with Crippen molar-refractivity contribution >= 4 is 21.7 Å². The van der Waals surface area contributed by atoms with E-state index in [2.05, 4.69) is 52.5 Å². The summed E-state index contributed by atoms with van der Waals surface area (Å²) in [5.74, 6) is 2.63. The van der Waals surface area contributed by atoms with Gasteiger partial charge in [-0.25, -0.2) is 4.98 Å². The number of nitrogens with two attached hydrogens (primary N) is 1. The quantitative estimate of drug-likeness (QED) is 0.837. The lowest BCUT2D eigenvalue weighted by molar-refractivity contribution is 0.609. The van der Waals surface area contributed by atoms with Gasteiger partial charge in [-0.3, -0.25) is 0 Å². The van der Waals surface area contributed by atoms with E-state index >= 15 is 0 Å². The summed E-state index contributed by atoms with van der Waals surface area (Å²) in [4.78, 5) is 4.88. The molecule has 0 saturated heterocycles. The molecule has 4 heteroatoms. The maximum absolute atomic E-state index is 6.42. The Balaban J connectivity index is 2.03. The van der Waals surface area contributed by atoms with Crippen molar-refractivity contribution in [2.45, 2.75) is 52.0 Å². The Kier molecular flexibility index (Phi) is 4.07. The topological polar surface area (TPSA) is 43.8 Å². The normalized spacial score (nSPS) is 14.6. The number of hydrogen-bond donors (Lipinski definition) is 1. The predicted molar refractivity (Wildman–Crippen MR) is 91.4 cm³/mol. The lowest BCUT2D eigenvalue weighted by atomic mass is 10.1. The molecule has 3 nitrogen and oxygen atoms in total. The summed E-state index contributed by atoms with van der Waals surface area (Å²) in [6.45, 7) is 5.28. The van der Waals surface area contributed by atoms with E-state index in [4.69, 9.17) is 10.7 Å². The molecule has 1 saturated carbocycles. The van der Waals surface area contributed by atoms with E-state index < -0.39 is 0 Å². The van der Waals surface area contributed by atoms with E-state index in [0.717, 1.165) is 34.5 Å². The number of nitrogens with zero attached hydrogens (tertiary/aromatic N) is 2. The van der Waals surface area contributed by atoms with Crippen LogP contribution >= 0.6 is 15.9 Å². The monoisotopic (exact) mass is 347 g/mol. The van der Waals surface area contributed by atoms with Crippen molar-refractivity contribution in [3.8, 4) is 11.3 Å². The highest BCUT2D eigenvalue weighted by molar-refractivity contribution is 9.10. The third-order valence-corrected chi connectivity index (χ3v) is 5.01. The fourth-order valence-electron chi connectivity index (χ4n) is 2.64. The minimum absolute atomic E-state index is 0.617. The van der Waals surface area contributed by atoms with Crippen molar-refractivity contribution in [2.24, 2.45) is 0 Å². The van der Waals surface area contributed by atoms with E-state index in [1.807, 2.05) is 0 Å². The number of hydrogen-bond acceptors (Lipinski definition) is 2. The molecule has 0 amide bonds. The van der Waals surface area contributed by atoms with Gasteiger partial charge in [-0.1, -0.05) is 41.4 Å². The van der Waals surface area contributed by atoms with Gasteiger partial charge in [-0.15, -0.1) is 0 Å². The highest BCUT2D eigenvalue weighted by Crippen LogP contribution is 2.42. The summed E-state index contributed by atoms with van der Waals surface area (Å²) < 4.78 is 3.35. The Hall–Kier alpha value is -1.29. The smallest absolute Gasteiger partial charge is 0.131 e. The number of nitrogen functional groups attached to an aromatic ring is 1. The largest absolute Gasteiger partial charge is 0.383 e. The molecule has 0 radical (unpaired) electrons. The van der Waals surface area contributed by atoms with Gasteiger partial charge in [-0.05, 0) is 37.8 Å². The van der Waals surface area contributed by atoms with Crippen molar-refractivity contribution in [1.29, 1.82) is 0 Å². The summed E-state index contributed by atoms with van der Waals surface area (Å²) in [6.07, 6.45) is 4.82. The summed E-state index contributed by atoms with van der Waals surface area (Å²) >= 11 is 3.60. The van der Waals surface area contributed by atoms with Crippen LogP contribution < -0.4 is 5.73 Å². The van der Waals surface area contributed by atoms with Crippen LogP contribution in [-0.4, -0.2) is 9.55 Å². The van der Waals surface area contributed by atoms with Gasteiger partial charge in [0, 0.05) is 22.5 Å². The SMILES string of the molecule is CCCCn1c(C2CC2)nc(-c2ccc(C)c(Br)c2)c1N. The first kappa shape index (κ1) is 14.6. The van der Waals surface area contributed by atoms with Gasteiger partial charge in [0.05, 0.1) is 0 Å². The first-order valence-corrected chi connectivity index (χ1v) is 8.53.